The smallest absolute Gasteiger partial charge is 0.331 e. The summed E-state index contributed by atoms with van der Waals surface area (Å²) in [5, 5.41) is 26.8. The summed E-state index contributed by atoms with van der Waals surface area (Å²) in [6.07, 6.45) is 10.8. The van der Waals surface area contributed by atoms with Gasteiger partial charge in [0.2, 0.25) is 0 Å². The highest BCUT2D eigenvalue weighted by molar-refractivity contribution is 5.86. The molecule has 0 aromatic carbocycles. The SMILES string of the molecule is CC(=CCCC(C)=CCCC(=CCCC(C)=CC(=O)O)C(=O)O)CO. The number of aliphatic hydroxyl groups excluding tert-OH is 1. The summed E-state index contributed by atoms with van der Waals surface area (Å²) in [5.41, 5.74) is 3.24. The summed E-state index contributed by atoms with van der Waals surface area (Å²) in [5.74, 6) is -1.91. The maximum atomic E-state index is 11.3. The van der Waals surface area contributed by atoms with Crippen LogP contribution in [0.2, 0.25) is 0 Å². The molecule has 5 nitrogen and oxygen atoms in total. The van der Waals surface area contributed by atoms with Gasteiger partial charge in [0.25, 0.3) is 0 Å². The summed E-state index contributed by atoms with van der Waals surface area (Å²) < 4.78 is 0. The topological polar surface area (TPSA) is 94.8 Å². The molecule has 0 saturated carbocycles. The first-order valence-corrected chi connectivity index (χ1v) is 8.50. The van der Waals surface area contributed by atoms with E-state index in [4.69, 9.17) is 10.2 Å². The van der Waals surface area contributed by atoms with Crippen molar-refractivity contribution < 1.29 is 24.9 Å². The number of carboxylic acid groups (broad SMARTS) is 2. The second-order valence-electron chi connectivity index (χ2n) is 6.24. The van der Waals surface area contributed by atoms with Crippen molar-refractivity contribution in [1.82, 2.24) is 0 Å². The zero-order valence-electron chi connectivity index (χ0n) is 15.4. The van der Waals surface area contributed by atoms with Crippen LogP contribution in [0.15, 0.2) is 46.6 Å². The Morgan fingerprint density at radius 3 is 1.84 bits per heavy atom. The van der Waals surface area contributed by atoms with E-state index >= 15 is 0 Å². The molecule has 0 bridgehead atoms. The number of aliphatic carboxylic acids is 2. The molecule has 0 spiro atoms. The maximum absolute atomic E-state index is 11.3. The Balaban J connectivity index is 4.44. The molecule has 0 aliphatic carbocycles. The van der Waals surface area contributed by atoms with Crippen molar-refractivity contribution in [3.63, 3.8) is 0 Å². The molecule has 0 radical (unpaired) electrons. The molecule has 0 heterocycles. The van der Waals surface area contributed by atoms with Gasteiger partial charge in [-0.25, -0.2) is 9.59 Å². The summed E-state index contributed by atoms with van der Waals surface area (Å²) >= 11 is 0. The van der Waals surface area contributed by atoms with E-state index in [-0.39, 0.29) is 6.61 Å². The lowest BCUT2D eigenvalue weighted by molar-refractivity contribution is -0.133. The first kappa shape index (κ1) is 22.9. The number of hydrogen-bond acceptors (Lipinski definition) is 3. The highest BCUT2D eigenvalue weighted by Gasteiger charge is 2.06. The third-order valence-electron chi connectivity index (χ3n) is 3.76. The largest absolute Gasteiger partial charge is 0.478 e. The van der Waals surface area contributed by atoms with Crippen molar-refractivity contribution >= 4 is 11.9 Å². The van der Waals surface area contributed by atoms with Crippen LogP contribution in [-0.2, 0) is 9.59 Å². The third-order valence-corrected chi connectivity index (χ3v) is 3.76. The lowest BCUT2D eigenvalue weighted by atomic mass is 10.0. The highest BCUT2D eigenvalue weighted by Crippen LogP contribution is 2.14. The van der Waals surface area contributed by atoms with E-state index in [0.29, 0.717) is 31.3 Å². The van der Waals surface area contributed by atoms with Crippen LogP contribution in [0.3, 0.4) is 0 Å². The monoisotopic (exact) mass is 350 g/mol. The van der Waals surface area contributed by atoms with Gasteiger partial charge in [0.1, 0.15) is 0 Å². The van der Waals surface area contributed by atoms with Gasteiger partial charge >= 0.3 is 11.9 Å². The van der Waals surface area contributed by atoms with Crippen molar-refractivity contribution in [1.29, 1.82) is 0 Å². The lowest BCUT2D eigenvalue weighted by Crippen LogP contribution is -2.00. The molecule has 0 unspecified atom stereocenters. The molecule has 0 amide bonds. The van der Waals surface area contributed by atoms with Crippen LogP contribution in [-0.4, -0.2) is 33.9 Å². The third kappa shape index (κ3) is 12.9. The Morgan fingerprint density at radius 2 is 1.28 bits per heavy atom. The number of carbonyl (C=O) groups is 2. The fraction of sp³-hybridized carbons (Fsp3) is 0.500. The molecular formula is C20H30O5. The molecule has 0 aromatic heterocycles. The number of aliphatic hydroxyl groups is 1. The molecule has 0 rings (SSSR count). The predicted octanol–water partition coefficient (Wildman–Crippen LogP) is 4.25. The van der Waals surface area contributed by atoms with Gasteiger partial charge < -0.3 is 15.3 Å². The van der Waals surface area contributed by atoms with Crippen LogP contribution >= 0.6 is 0 Å². The van der Waals surface area contributed by atoms with Crippen LogP contribution in [0.1, 0.15) is 59.3 Å². The second-order valence-corrected chi connectivity index (χ2v) is 6.24. The fourth-order valence-electron chi connectivity index (χ4n) is 2.24. The molecule has 0 aromatic rings. The van der Waals surface area contributed by atoms with Crippen molar-refractivity contribution in [3.05, 3.63) is 46.6 Å². The Morgan fingerprint density at radius 1 is 0.760 bits per heavy atom. The molecule has 0 atom stereocenters. The standard InChI is InChI=1S/C20H30O5/c1-15(7-4-10-17(3)14-21)8-5-11-18(20(24)25)12-6-9-16(2)13-19(22)23/h8,10,12-13,21H,4-7,9,11,14H2,1-3H3,(H,22,23)(H,24,25). The molecule has 0 saturated heterocycles. The molecule has 140 valence electrons. The zero-order chi connectivity index (χ0) is 19.2. The van der Waals surface area contributed by atoms with E-state index in [9.17, 15) is 14.7 Å². The van der Waals surface area contributed by atoms with Gasteiger partial charge in [0.05, 0.1) is 6.61 Å². The summed E-state index contributed by atoms with van der Waals surface area (Å²) in [4.78, 5) is 21.8. The summed E-state index contributed by atoms with van der Waals surface area (Å²) in [7, 11) is 0. The average molecular weight is 350 g/mol. The van der Waals surface area contributed by atoms with Gasteiger partial charge in [-0.05, 0) is 59.3 Å². The van der Waals surface area contributed by atoms with Gasteiger partial charge in [0.15, 0.2) is 0 Å². The molecule has 0 aliphatic heterocycles. The van der Waals surface area contributed by atoms with Gasteiger partial charge in [-0.15, -0.1) is 0 Å². The second kappa shape index (κ2) is 13.2. The average Bonchev–Trinajstić information content (AvgIpc) is 2.52. The Labute approximate surface area is 150 Å². The lowest BCUT2D eigenvalue weighted by Gasteiger charge is -2.03. The molecule has 3 N–H and O–H groups in total. The minimum Gasteiger partial charge on any atom is -0.478 e. The van der Waals surface area contributed by atoms with Crippen molar-refractivity contribution in [3.8, 4) is 0 Å². The molecule has 0 aliphatic rings. The molecule has 25 heavy (non-hydrogen) atoms. The quantitative estimate of drug-likeness (QED) is 0.361. The highest BCUT2D eigenvalue weighted by atomic mass is 16.4. The molecular weight excluding hydrogens is 320 g/mol. The Hall–Kier alpha value is -2.14. The zero-order valence-corrected chi connectivity index (χ0v) is 15.4. The van der Waals surface area contributed by atoms with E-state index in [0.717, 1.165) is 30.1 Å². The van der Waals surface area contributed by atoms with Crippen molar-refractivity contribution in [2.24, 2.45) is 0 Å². The van der Waals surface area contributed by atoms with Crippen LogP contribution < -0.4 is 0 Å². The summed E-state index contributed by atoms with van der Waals surface area (Å²) in [6, 6.07) is 0. The van der Waals surface area contributed by atoms with Crippen molar-refractivity contribution in [2.45, 2.75) is 59.3 Å². The van der Waals surface area contributed by atoms with E-state index < -0.39 is 11.9 Å². The number of rotatable bonds is 12. The van der Waals surface area contributed by atoms with E-state index in [1.807, 2.05) is 19.9 Å². The van der Waals surface area contributed by atoms with Gasteiger partial charge in [-0.3, -0.25) is 0 Å². The Kier molecular flexibility index (Phi) is 12.1. The first-order chi connectivity index (χ1) is 11.8. The van der Waals surface area contributed by atoms with Crippen LogP contribution in [0, 0.1) is 0 Å². The molecule has 5 heteroatoms. The van der Waals surface area contributed by atoms with Gasteiger partial charge in [-0.2, -0.15) is 0 Å². The predicted molar refractivity (Wildman–Crippen MR) is 99.4 cm³/mol. The number of carboxylic acids is 2. The maximum Gasteiger partial charge on any atom is 0.331 e. The van der Waals surface area contributed by atoms with Gasteiger partial charge in [0, 0.05) is 11.6 Å². The van der Waals surface area contributed by atoms with E-state index in [2.05, 4.69) is 6.08 Å². The summed E-state index contributed by atoms with van der Waals surface area (Å²) in [6.45, 7) is 5.71. The minimum absolute atomic E-state index is 0.0800. The van der Waals surface area contributed by atoms with E-state index in [1.54, 1.807) is 13.0 Å². The van der Waals surface area contributed by atoms with Crippen LogP contribution in [0.4, 0.5) is 0 Å². The minimum atomic E-state index is -0.982. The van der Waals surface area contributed by atoms with Gasteiger partial charge in [-0.1, -0.05) is 34.9 Å². The number of hydrogen-bond donors (Lipinski definition) is 3. The molecule has 0 fully saturated rings. The Bertz CT molecular complexity index is 565. The van der Waals surface area contributed by atoms with Crippen LogP contribution in [0.5, 0.6) is 0 Å². The van der Waals surface area contributed by atoms with Crippen molar-refractivity contribution in [2.75, 3.05) is 6.61 Å². The normalized spacial score (nSPS) is 13.9. The number of allylic oxidation sites excluding steroid dienone is 5. The fourth-order valence-corrected chi connectivity index (χ4v) is 2.24. The van der Waals surface area contributed by atoms with Crippen LogP contribution in [0.25, 0.3) is 0 Å². The van der Waals surface area contributed by atoms with E-state index in [1.165, 1.54) is 5.57 Å². The first-order valence-electron chi connectivity index (χ1n) is 8.50.